The molecule has 1 fully saturated rings. The Morgan fingerprint density at radius 3 is 2.69 bits per heavy atom. The standard InChI is InChI=1S/C19H18N4O3/c24-17-11-23(10-15(17)7-16-8-20-5-6-22-16)19(25)14-3-1-13(2-4-14)18-9-21-12-26-18/h1-6,8-9,12,15,17,24H,7,10-11H2/t15-,17-/m1/s1. The summed E-state index contributed by atoms with van der Waals surface area (Å²) in [6.07, 6.45) is 7.99. The predicted octanol–water partition coefficient (Wildman–Crippen LogP) is 1.81. The van der Waals surface area contributed by atoms with E-state index in [0.717, 1.165) is 11.3 Å². The van der Waals surface area contributed by atoms with E-state index < -0.39 is 6.10 Å². The molecule has 4 rings (SSSR count). The van der Waals surface area contributed by atoms with E-state index in [1.165, 1.54) is 6.39 Å². The highest BCUT2D eigenvalue weighted by Gasteiger charge is 2.34. The number of carbonyl (C=O) groups excluding carboxylic acids is 1. The third-order valence-electron chi connectivity index (χ3n) is 4.63. The van der Waals surface area contributed by atoms with E-state index in [1.807, 2.05) is 12.1 Å². The summed E-state index contributed by atoms with van der Waals surface area (Å²) in [5.41, 5.74) is 2.27. The van der Waals surface area contributed by atoms with Crippen LogP contribution in [-0.2, 0) is 6.42 Å². The Balaban J connectivity index is 1.43. The minimum Gasteiger partial charge on any atom is -0.444 e. The first-order chi connectivity index (χ1) is 12.7. The number of rotatable bonds is 4. The van der Waals surface area contributed by atoms with Gasteiger partial charge in [0.15, 0.2) is 12.2 Å². The number of hydrogen-bond acceptors (Lipinski definition) is 6. The molecule has 3 heterocycles. The van der Waals surface area contributed by atoms with Crippen LogP contribution in [0.15, 0.2) is 59.9 Å². The van der Waals surface area contributed by atoms with Crippen LogP contribution in [0.1, 0.15) is 16.1 Å². The molecule has 7 heteroatoms. The molecular weight excluding hydrogens is 332 g/mol. The van der Waals surface area contributed by atoms with Crippen LogP contribution in [-0.4, -0.2) is 50.1 Å². The lowest BCUT2D eigenvalue weighted by molar-refractivity contribution is 0.0764. The smallest absolute Gasteiger partial charge is 0.253 e. The second-order valence-electron chi connectivity index (χ2n) is 6.38. The SMILES string of the molecule is O=C(c1ccc(-c2cnco2)cc1)N1C[C@@H](Cc2cnccn2)[C@H](O)C1. The molecule has 1 aliphatic rings. The van der Waals surface area contributed by atoms with Gasteiger partial charge >= 0.3 is 0 Å². The molecule has 0 spiro atoms. The van der Waals surface area contributed by atoms with Gasteiger partial charge in [0, 0.05) is 48.7 Å². The quantitative estimate of drug-likeness (QED) is 0.771. The molecule has 0 saturated carbocycles. The Bertz CT molecular complexity index is 866. The molecule has 1 amide bonds. The summed E-state index contributed by atoms with van der Waals surface area (Å²) in [6, 6.07) is 7.19. The number of aliphatic hydroxyl groups is 1. The number of aromatic nitrogens is 3. The maximum absolute atomic E-state index is 12.7. The maximum Gasteiger partial charge on any atom is 0.253 e. The number of amides is 1. The van der Waals surface area contributed by atoms with Gasteiger partial charge < -0.3 is 14.4 Å². The molecule has 1 aromatic carbocycles. The summed E-state index contributed by atoms with van der Waals surface area (Å²) >= 11 is 0. The molecule has 2 atom stereocenters. The van der Waals surface area contributed by atoms with Crippen molar-refractivity contribution < 1.29 is 14.3 Å². The highest BCUT2D eigenvalue weighted by atomic mass is 16.3. The van der Waals surface area contributed by atoms with Crippen LogP contribution < -0.4 is 0 Å². The van der Waals surface area contributed by atoms with E-state index in [1.54, 1.807) is 41.8 Å². The van der Waals surface area contributed by atoms with E-state index in [0.29, 0.717) is 30.8 Å². The van der Waals surface area contributed by atoms with Gasteiger partial charge in [0.05, 0.1) is 18.0 Å². The zero-order valence-corrected chi connectivity index (χ0v) is 14.0. The van der Waals surface area contributed by atoms with E-state index in [2.05, 4.69) is 15.0 Å². The van der Waals surface area contributed by atoms with Gasteiger partial charge in [0.25, 0.3) is 5.91 Å². The first-order valence-electron chi connectivity index (χ1n) is 8.42. The molecule has 132 valence electrons. The lowest BCUT2D eigenvalue weighted by Crippen LogP contribution is -2.29. The fraction of sp³-hybridized carbons (Fsp3) is 0.263. The minimum absolute atomic E-state index is 0.0379. The summed E-state index contributed by atoms with van der Waals surface area (Å²) in [5.74, 6) is 0.531. The fourth-order valence-corrected chi connectivity index (χ4v) is 3.24. The number of aliphatic hydroxyl groups excluding tert-OH is 1. The van der Waals surface area contributed by atoms with Crippen LogP contribution in [0.25, 0.3) is 11.3 Å². The summed E-state index contributed by atoms with van der Waals surface area (Å²) in [5, 5.41) is 10.3. The van der Waals surface area contributed by atoms with E-state index in [9.17, 15) is 9.90 Å². The summed E-state index contributed by atoms with van der Waals surface area (Å²) < 4.78 is 5.25. The Labute approximate surface area is 150 Å². The van der Waals surface area contributed by atoms with Gasteiger partial charge in [-0.3, -0.25) is 14.8 Å². The molecule has 0 unspecified atom stereocenters. The highest BCUT2D eigenvalue weighted by molar-refractivity contribution is 5.94. The Morgan fingerprint density at radius 2 is 2.00 bits per heavy atom. The van der Waals surface area contributed by atoms with Crippen LogP contribution in [0.3, 0.4) is 0 Å². The van der Waals surface area contributed by atoms with Crippen molar-refractivity contribution in [1.82, 2.24) is 19.9 Å². The molecule has 1 saturated heterocycles. The third-order valence-corrected chi connectivity index (χ3v) is 4.63. The van der Waals surface area contributed by atoms with Gasteiger partial charge in [-0.25, -0.2) is 4.98 Å². The molecular formula is C19H18N4O3. The number of carbonyl (C=O) groups is 1. The van der Waals surface area contributed by atoms with Crippen LogP contribution in [0.4, 0.5) is 0 Å². The van der Waals surface area contributed by atoms with E-state index in [-0.39, 0.29) is 11.8 Å². The first kappa shape index (κ1) is 16.4. The van der Waals surface area contributed by atoms with Crippen molar-refractivity contribution >= 4 is 5.91 Å². The van der Waals surface area contributed by atoms with Crippen LogP contribution >= 0.6 is 0 Å². The number of hydrogen-bond donors (Lipinski definition) is 1. The molecule has 1 N–H and O–H groups in total. The van der Waals surface area contributed by atoms with Gasteiger partial charge in [-0.1, -0.05) is 12.1 Å². The Morgan fingerprint density at radius 1 is 1.15 bits per heavy atom. The van der Waals surface area contributed by atoms with Crippen molar-refractivity contribution in [3.8, 4) is 11.3 Å². The fourth-order valence-electron chi connectivity index (χ4n) is 3.24. The van der Waals surface area contributed by atoms with Crippen LogP contribution in [0, 0.1) is 5.92 Å². The number of benzene rings is 1. The molecule has 26 heavy (non-hydrogen) atoms. The van der Waals surface area contributed by atoms with Crippen LogP contribution in [0.2, 0.25) is 0 Å². The number of likely N-dealkylation sites (tertiary alicyclic amines) is 1. The van der Waals surface area contributed by atoms with E-state index in [4.69, 9.17) is 4.42 Å². The number of nitrogens with zero attached hydrogens (tertiary/aromatic N) is 4. The van der Waals surface area contributed by atoms with Crippen molar-refractivity contribution in [3.63, 3.8) is 0 Å². The van der Waals surface area contributed by atoms with Crippen molar-refractivity contribution in [2.45, 2.75) is 12.5 Å². The first-order valence-corrected chi connectivity index (χ1v) is 8.42. The molecule has 2 aromatic heterocycles. The topological polar surface area (TPSA) is 92.4 Å². The predicted molar refractivity (Wildman–Crippen MR) is 93.1 cm³/mol. The molecule has 1 aliphatic heterocycles. The Kier molecular flexibility index (Phi) is 4.45. The van der Waals surface area contributed by atoms with Crippen molar-refractivity contribution in [1.29, 1.82) is 0 Å². The minimum atomic E-state index is -0.561. The third kappa shape index (κ3) is 3.34. The van der Waals surface area contributed by atoms with Crippen molar-refractivity contribution in [2.75, 3.05) is 13.1 Å². The maximum atomic E-state index is 12.7. The lowest BCUT2D eigenvalue weighted by atomic mass is 10.0. The normalized spacial score (nSPS) is 19.7. The van der Waals surface area contributed by atoms with Gasteiger partial charge in [0.1, 0.15) is 0 Å². The highest BCUT2D eigenvalue weighted by Crippen LogP contribution is 2.24. The van der Waals surface area contributed by atoms with Gasteiger partial charge in [-0.2, -0.15) is 0 Å². The largest absolute Gasteiger partial charge is 0.444 e. The van der Waals surface area contributed by atoms with Crippen molar-refractivity contribution in [2.24, 2.45) is 5.92 Å². The average molecular weight is 350 g/mol. The van der Waals surface area contributed by atoms with Gasteiger partial charge in [-0.15, -0.1) is 0 Å². The zero-order valence-electron chi connectivity index (χ0n) is 14.0. The molecule has 0 aliphatic carbocycles. The second kappa shape index (κ2) is 7.05. The average Bonchev–Trinajstić information content (AvgIpc) is 3.33. The summed E-state index contributed by atoms with van der Waals surface area (Å²) in [4.78, 5) is 26.6. The molecule has 0 radical (unpaired) electrons. The van der Waals surface area contributed by atoms with Gasteiger partial charge in [-0.05, 0) is 18.6 Å². The van der Waals surface area contributed by atoms with E-state index >= 15 is 0 Å². The zero-order chi connectivity index (χ0) is 17.9. The molecule has 3 aromatic rings. The van der Waals surface area contributed by atoms with Crippen LogP contribution in [0.5, 0.6) is 0 Å². The number of oxazole rings is 1. The monoisotopic (exact) mass is 350 g/mol. The van der Waals surface area contributed by atoms with Gasteiger partial charge in [0.2, 0.25) is 0 Å². The molecule has 7 nitrogen and oxygen atoms in total. The number of β-amino-alcohol motifs (C(OH)–C–C–N with tert-alkyl or cyclic N) is 1. The Hall–Kier alpha value is -3.06. The van der Waals surface area contributed by atoms with Crippen molar-refractivity contribution in [3.05, 3.63) is 66.7 Å². The second-order valence-corrected chi connectivity index (χ2v) is 6.38. The summed E-state index contributed by atoms with van der Waals surface area (Å²) in [6.45, 7) is 0.827. The molecule has 0 bridgehead atoms. The summed E-state index contributed by atoms with van der Waals surface area (Å²) in [7, 11) is 0. The lowest BCUT2D eigenvalue weighted by Gasteiger charge is -2.16.